The normalized spacial score (nSPS) is 11.8. The molecule has 11 rings (SSSR count). The Morgan fingerprint density at radius 2 is 0.808 bits per heavy atom. The Labute approximate surface area is 297 Å². The van der Waals surface area contributed by atoms with Crippen LogP contribution in [0.2, 0.25) is 0 Å². The molecule has 11 aromatic rings. The molecule has 0 aliphatic rings. The second-order valence-electron chi connectivity index (χ2n) is 13.2. The van der Waals surface area contributed by atoms with Crippen molar-refractivity contribution in [3.05, 3.63) is 164 Å². The number of hydrogen-bond acceptors (Lipinski definition) is 5. The van der Waals surface area contributed by atoms with E-state index in [1.807, 2.05) is 42.5 Å². The quantitative estimate of drug-likeness (QED) is 0.187. The number of fused-ring (bicyclic) bond motifs is 8. The van der Waals surface area contributed by atoms with Crippen LogP contribution in [0.4, 0.5) is 0 Å². The SMILES string of the molecule is c1ccc2cc(-c3nc(-c4ccc5ccc(-c6cccc7oc8ccccc8c67)cc5c4)nc(-c4ccc5c(c4)oc4ccccc45)n3)ccc2c1. The minimum Gasteiger partial charge on any atom is -0.456 e. The first kappa shape index (κ1) is 28.7. The van der Waals surface area contributed by atoms with Crippen molar-refractivity contribution < 1.29 is 8.83 Å². The third-order valence-corrected chi connectivity index (χ3v) is 10.1. The second-order valence-corrected chi connectivity index (χ2v) is 13.2. The van der Waals surface area contributed by atoms with Gasteiger partial charge in [-0.15, -0.1) is 0 Å². The van der Waals surface area contributed by atoms with Crippen molar-refractivity contribution in [1.29, 1.82) is 0 Å². The molecule has 0 spiro atoms. The highest BCUT2D eigenvalue weighted by Crippen LogP contribution is 2.38. The van der Waals surface area contributed by atoms with Gasteiger partial charge < -0.3 is 8.83 Å². The largest absolute Gasteiger partial charge is 0.456 e. The van der Waals surface area contributed by atoms with Crippen LogP contribution in [0.1, 0.15) is 0 Å². The minimum absolute atomic E-state index is 0.586. The molecule has 0 atom stereocenters. The molecule has 5 nitrogen and oxygen atoms in total. The average molecular weight is 666 g/mol. The predicted octanol–water partition coefficient (Wildman–Crippen LogP) is 12.6. The number of rotatable bonds is 4. The summed E-state index contributed by atoms with van der Waals surface area (Å²) in [4.78, 5) is 15.3. The Morgan fingerprint density at radius 1 is 0.308 bits per heavy atom. The van der Waals surface area contributed by atoms with E-state index < -0.39 is 0 Å². The number of hydrogen-bond donors (Lipinski definition) is 0. The van der Waals surface area contributed by atoms with E-state index in [9.17, 15) is 0 Å². The van der Waals surface area contributed by atoms with Crippen molar-refractivity contribution in [2.45, 2.75) is 0 Å². The summed E-state index contributed by atoms with van der Waals surface area (Å²) in [5, 5.41) is 8.91. The lowest BCUT2D eigenvalue weighted by Gasteiger charge is -2.11. The molecule has 0 aliphatic carbocycles. The van der Waals surface area contributed by atoms with Gasteiger partial charge in [0.1, 0.15) is 22.3 Å². The maximum Gasteiger partial charge on any atom is 0.164 e. The third-order valence-electron chi connectivity index (χ3n) is 10.1. The molecule has 0 saturated carbocycles. The molecule has 0 saturated heterocycles. The fourth-order valence-corrected chi connectivity index (χ4v) is 7.53. The van der Waals surface area contributed by atoms with Crippen LogP contribution in [0.25, 0.3) is 111 Å². The fourth-order valence-electron chi connectivity index (χ4n) is 7.53. The van der Waals surface area contributed by atoms with Gasteiger partial charge in [-0.3, -0.25) is 0 Å². The smallest absolute Gasteiger partial charge is 0.164 e. The van der Waals surface area contributed by atoms with Crippen LogP contribution in [0, 0.1) is 0 Å². The molecule has 0 fully saturated rings. The molecule has 3 heterocycles. The highest BCUT2D eigenvalue weighted by molar-refractivity contribution is 6.13. The number of para-hydroxylation sites is 2. The maximum absolute atomic E-state index is 6.26. The van der Waals surface area contributed by atoms with Crippen LogP contribution >= 0.6 is 0 Å². The summed E-state index contributed by atoms with van der Waals surface area (Å²) in [5.74, 6) is 1.80. The molecule has 0 aliphatic heterocycles. The van der Waals surface area contributed by atoms with Gasteiger partial charge in [0.25, 0.3) is 0 Å². The van der Waals surface area contributed by atoms with Crippen molar-refractivity contribution >= 4 is 65.4 Å². The van der Waals surface area contributed by atoms with Gasteiger partial charge in [-0.2, -0.15) is 0 Å². The zero-order valence-corrected chi connectivity index (χ0v) is 27.7. The van der Waals surface area contributed by atoms with E-state index >= 15 is 0 Å². The zero-order valence-electron chi connectivity index (χ0n) is 27.7. The summed E-state index contributed by atoms with van der Waals surface area (Å²) in [5.41, 5.74) is 8.38. The minimum atomic E-state index is 0.586. The molecular weight excluding hydrogens is 639 g/mol. The second kappa shape index (κ2) is 11.2. The lowest BCUT2D eigenvalue weighted by Crippen LogP contribution is -2.00. The summed E-state index contributed by atoms with van der Waals surface area (Å²) in [6.07, 6.45) is 0. The van der Waals surface area contributed by atoms with E-state index in [0.29, 0.717) is 17.5 Å². The Balaban J connectivity index is 1.08. The van der Waals surface area contributed by atoms with E-state index in [1.54, 1.807) is 0 Å². The van der Waals surface area contributed by atoms with E-state index in [2.05, 4.69) is 121 Å². The van der Waals surface area contributed by atoms with Crippen LogP contribution in [-0.2, 0) is 0 Å². The molecule has 52 heavy (non-hydrogen) atoms. The van der Waals surface area contributed by atoms with Gasteiger partial charge in [0.2, 0.25) is 0 Å². The van der Waals surface area contributed by atoms with Gasteiger partial charge in [0.15, 0.2) is 17.5 Å². The number of benzene rings is 8. The van der Waals surface area contributed by atoms with Crippen LogP contribution < -0.4 is 0 Å². The molecule has 0 amide bonds. The van der Waals surface area contributed by atoms with E-state index in [1.165, 1.54) is 5.39 Å². The molecule has 0 radical (unpaired) electrons. The first-order valence-electron chi connectivity index (χ1n) is 17.3. The van der Waals surface area contributed by atoms with E-state index in [4.69, 9.17) is 23.8 Å². The van der Waals surface area contributed by atoms with Gasteiger partial charge in [-0.25, -0.2) is 15.0 Å². The highest BCUT2D eigenvalue weighted by atomic mass is 16.3. The number of nitrogens with zero attached hydrogens (tertiary/aromatic N) is 3. The van der Waals surface area contributed by atoms with E-state index in [-0.39, 0.29) is 0 Å². The van der Waals surface area contributed by atoms with Gasteiger partial charge in [0, 0.05) is 38.2 Å². The summed E-state index contributed by atoms with van der Waals surface area (Å²) >= 11 is 0. The van der Waals surface area contributed by atoms with E-state index in [0.717, 1.165) is 87.9 Å². The summed E-state index contributed by atoms with van der Waals surface area (Å²) < 4.78 is 12.5. The first-order chi connectivity index (χ1) is 25.7. The third kappa shape index (κ3) is 4.60. The van der Waals surface area contributed by atoms with Crippen molar-refractivity contribution in [3.8, 4) is 45.3 Å². The number of aromatic nitrogens is 3. The van der Waals surface area contributed by atoms with Crippen molar-refractivity contribution in [1.82, 2.24) is 15.0 Å². The topological polar surface area (TPSA) is 65.0 Å². The monoisotopic (exact) mass is 665 g/mol. The molecule has 0 N–H and O–H groups in total. The Kier molecular flexibility index (Phi) is 6.18. The summed E-state index contributed by atoms with van der Waals surface area (Å²) in [7, 11) is 0. The molecule has 0 unspecified atom stereocenters. The highest BCUT2D eigenvalue weighted by Gasteiger charge is 2.17. The van der Waals surface area contributed by atoms with Gasteiger partial charge in [0.05, 0.1) is 0 Å². The van der Waals surface area contributed by atoms with Crippen molar-refractivity contribution in [3.63, 3.8) is 0 Å². The van der Waals surface area contributed by atoms with Gasteiger partial charge >= 0.3 is 0 Å². The Hall–Kier alpha value is -7.11. The lowest BCUT2D eigenvalue weighted by atomic mass is 9.96. The summed E-state index contributed by atoms with van der Waals surface area (Å²) in [6, 6.07) is 56.5. The molecule has 242 valence electrons. The first-order valence-corrected chi connectivity index (χ1v) is 17.3. The van der Waals surface area contributed by atoms with Crippen LogP contribution in [0.15, 0.2) is 173 Å². The molecule has 0 bridgehead atoms. The van der Waals surface area contributed by atoms with Crippen LogP contribution in [-0.4, -0.2) is 15.0 Å². The maximum atomic E-state index is 6.26. The summed E-state index contributed by atoms with van der Waals surface area (Å²) in [6.45, 7) is 0. The van der Waals surface area contributed by atoms with Gasteiger partial charge in [-0.1, -0.05) is 115 Å². The number of furan rings is 2. The molecule has 8 aromatic carbocycles. The van der Waals surface area contributed by atoms with Crippen molar-refractivity contribution in [2.24, 2.45) is 0 Å². The van der Waals surface area contributed by atoms with Gasteiger partial charge in [-0.05, 0) is 81.2 Å². The fraction of sp³-hybridized carbons (Fsp3) is 0. The Bertz CT molecular complexity index is 3210. The van der Waals surface area contributed by atoms with Crippen molar-refractivity contribution in [2.75, 3.05) is 0 Å². The van der Waals surface area contributed by atoms with Crippen LogP contribution in [0.5, 0.6) is 0 Å². The lowest BCUT2D eigenvalue weighted by molar-refractivity contribution is 0.668. The molecular formula is C47H27N3O2. The Morgan fingerprint density at radius 3 is 1.58 bits per heavy atom. The molecule has 3 aromatic heterocycles. The molecule has 5 heteroatoms. The van der Waals surface area contributed by atoms with Crippen LogP contribution in [0.3, 0.4) is 0 Å². The predicted molar refractivity (Wildman–Crippen MR) is 211 cm³/mol. The zero-order chi connectivity index (χ0) is 34.2. The standard InChI is InChI=1S/C47H27N3O2/c1-2-9-30-24-32(20-17-28(30)8-1)45-48-46(50-47(49-45)34-22-23-38-37-10-3-5-13-40(37)52-43(38)27-34)33-21-18-29-16-19-31(25-35(29)26-33)36-12-7-15-42-44(36)39-11-4-6-14-41(39)51-42/h1-27H. The average Bonchev–Trinajstić information content (AvgIpc) is 3.78.